The molecule has 0 saturated heterocycles. The summed E-state index contributed by atoms with van der Waals surface area (Å²) >= 11 is 0. The van der Waals surface area contributed by atoms with Crippen LogP contribution in [0.5, 0.6) is 5.88 Å². The number of aromatic nitrogens is 1. The maximum atomic E-state index is 11.7. The Morgan fingerprint density at radius 3 is 2.95 bits per heavy atom. The molecule has 1 heterocycles. The van der Waals surface area contributed by atoms with E-state index in [2.05, 4.69) is 4.98 Å². The highest BCUT2D eigenvalue weighted by Crippen LogP contribution is 2.23. The number of pyridine rings is 1. The van der Waals surface area contributed by atoms with Gasteiger partial charge in [0, 0.05) is 12.2 Å². The van der Waals surface area contributed by atoms with Crippen LogP contribution in [0.2, 0.25) is 0 Å². The van der Waals surface area contributed by atoms with Gasteiger partial charge in [-0.2, -0.15) is 0 Å². The molecule has 5 heteroatoms. The lowest BCUT2D eigenvalue weighted by Gasteiger charge is -2.23. The van der Waals surface area contributed by atoms with Crippen LogP contribution in [0.3, 0.4) is 0 Å². The zero-order valence-corrected chi connectivity index (χ0v) is 11.2. The maximum Gasteiger partial charge on any atom is 0.343 e. The van der Waals surface area contributed by atoms with Gasteiger partial charge in [-0.3, -0.25) is 0 Å². The standard InChI is InChI=1S/C14H20N2O3/c1-18-14(17)10-6-5-9-16-13(10)19-12-8-4-2-3-7-11(12)15/h5-6,9,11-12H,2-4,7-8,15H2,1H3. The zero-order chi connectivity index (χ0) is 13.7. The fourth-order valence-electron chi connectivity index (χ4n) is 2.34. The number of hydrogen-bond acceptors (Lipinski definition) is 5. The van der Waals surface area contributed by atoms with Crippen molar-refractivity contribution in [3.63, 3.8) is 0 Å². The number of methoxy groups -OCH3 is 1. The van der Waals surface area contributed by atoms with Crippen molar-refractivity contribution in [3.05, 3.63) is 23.9 Å². The highest BCUT2D eigenvalue weighted by Gasteiger charge is 2.24. The molecule has 1 aliphatic carbocycles. The van der Waals surface area contributed by atoms with E-state index < -0.39 is 5.97 Å². The second-order valence-corrected chi connectivity index (χ2v) is 4.81. The van der Waals surface area contributed by atoms with Crippen LogP contribution in [0.25, 0.3) is 0 Å². The van der Waals surface area contributed by atoms with Crippen molar-refractivity contribution < 1.29 is 14.3 Å². The molecule has 1 aromatic rings. The van der Waals surface area contributed by atoms with Crippen LogP contribution >= 0.6 is 0 Å². The Balaban J connectivity index is 2.15. The zero-order valence-electron chi connectivity index (χ0n) is 11.2. The largest absolute Gasteiger partial charge is 0.472 e. The van der Waals surface area contributed by atoms with Gasteiger partial charge in [0.2, 0.25) is 5.88 Å². The number of carbonyl (C=O) groups excluding carboxylic acids is 1. The smallest absolute Gasteiger partial charge is 0.343 e. The van der Waals surface area contributed by atoms with Crippen LogP contribution in [0.4, 0.5) is 0 Å². The van der Waals surface area contributed by atoms with E-state index in [1.54, 1.807) is 18.3 Å². The normalized spacial score (nSPS) is 23.5. The van der Waals surface area contributed by atoms with E-state index in [0.29, 0.717) is 11.4 Å². The van der Waals surface area contributed by atoms with E-state index in [9.17, 15) is 4.79 Å². The molecular formula is C14H20N2O3. The van der Waals surface area contributed by atoms with Gasteiger partial charge in [0.05, 0.1) is 7.11 Å². The first-order valence-electron chi connectivity index (χ1n) is 6.68. The summed E-state index contributed by atoms with van der Waals surface area (Å²) in [5, 5.41) is 0. The quantitative estimate of drug-likeness (QED) is 0.666. The number of esters is 1. The lowest BCUT2D eigenvalue weighted by atomic mass is 10.1. The minimum absolute atomic E-state index is 0.00463. The molecule has 2 atom stereocenters. The van der Waals surface area contributed by atoms with Crippen molar-refractivity contribution in [2.45, 2.75) is 44.2 Å². The molecule has 0 spiro atoms. The summed E-state index contributed by atoms with van der Waals surface area (Å²) in [6.45, 7) is 0. The summed E-state index contributed by atoms with van der Waals surface area (Å²) in [4.78, 5) is 15.8. The lowest BCUT2D eigenvalue weighted by molar-refractivity contribution is 0.0588. The van der Waals surface area contributed by atoms with E-state index in [1.165, 1.54) is 13.5 Å². The van der Waals surface area contributed by atoms with Crippen LogP contribution in [-0.2, 0) is 4.74 Å². The van der Waals surface area contributed by atoms with Gasteiger partial charge >= 0.3 is 5.97 Å². The van der Waals surface area contributed by atoms with Crippen LogP contribution in [-0.4, -0.2) is 30.2 Å². The Bertz CT molecular complexity index is 436. The Morgan fingerprint density at radius 1 is 1.37 bits per heavy atom. The van der Waals surface area contributed by atoms with E-state index in [0.717, 1.165) is 25.7 Å². The third-order valence-corrected chi connectivity index (χ3v) is 3.44. The van der Waals surface area contributed by atoms with Gasteiger partial charge in [-0.05, 0) is 31.4 Å². The van der Waals surface area contributed by atoms with Crippen LogP contribution < -0.4 is 10.5 Å². The summed E-state index contributed by atoms with van der Waals surface area (Å²) in [6.07, 6.45) is 6.78. The van der Waals surface area contributed by atoms with E-state index in [4.69, 9.17) is 15.2 Å². The van der Waals surface area contributed by atoms with Gasteiger partial charge in [0.1, 0.15) is 11.7 Å². The highest BCUT2D eigenvalue weighted by molar-refractivity contribution is 5.91. The molecule has 1 fully saturated rings. The van der Waals surface area contributed by atoms with E-state index in [1.807, 2.05) is 0 Å². The summed E-state index contributed by atoms with van der Waals surface area (Å²) in [6, 6.07) is 3.33. The molecule has 5 nitrogen and oxygen atoms in total. The molecule has 1 aliphatic rings. The van der Waals surface area contributed by atoms with E-state index >= 15 is 0 Å². The summed E-state index contributed by atoms with van der Waals surface area (Å²) < 4.78 is 10.6. The molecule has 19 heavy (non-hydrogen) atoms. The van der Waals surface area contributed by atoms with Gasteiger partial charge in [-0.1, -0.05) is 12.8 Å². The van der Waals surface area contributed by atoms with Crippen molar-refractivity contribution in [3.8, 4) is 5.88 Å². The number of carbonyl (C=O) groups is 1. The van der Waals surface area contributed by atoms with Gasteiger partial charge in [-0.15, -0.1) is 0 Å². The van der Waals surface area contributed by atoms with Crippen molar-refractivity contribution >= 4 is 5.97 Å². The summed E-state index contributed by atoms with van der Waals surface area (Å²) in [5.74, 6) is -0.123. The SMILES string of the molecule is COC(=O)c1cccnc1OC1CCCCCC1N. The van der Waals surface area contributed by atoms with Gasteiger partial charge in [-0.25, -0.2) is 9.78 Å². The second kappa shape index (κ2) is 6.52. The first-order valence-corrected chi connectivity index (χ1v) is 6.68. The average Bonchev–Trinajstić information content (AvgIpc) is 2.64. The Labute approximate surface area is 113 Å². The van der Waals surface area contributed by atoms with Crippen molar-refractivity contribution in [1.29, 1.82) is 0 Å². The van der Waals surface area contributed by atoms with Gasteiger partial charge < -0.3 is 15.2 Å². The predicted molar refractivity (Wildman–Crippen MR) is 71.1 cm³/mol. The van der Waals surface area contributed by atoms with Crippen molar-refractivity contribution in [1.82, 2.24) is 4.98 Å². The molecular weight excluding hydrogens is 244 g/mol. The first-order chi connectivity index (χ1) is 9.22. The summed E-state index contributed by atoms with van der Waals surface area (Å²) in [5.41, 5.74) is 6.47. The molecule has 2 N–H and O–H groups in total. The molecule has 0 aliphatic heterocycles. The third kappa shape index (κ3) is 3.44. The maximum absolute atomic E-state index is 11.7. The number of rotatable bonds is 3. The first kappa shape index (κ1) is 13.8. The molecule has 2 unspecified atom stereocenters. The highest BCUT2D eigenvalue weighted by atomic mass is 16.5. The summed E-state index contributed by atoms with van der Waals surface area (Å²) in [7, 11) is 1.34. The fourth-order valence-corrected chi connectivity index (χ4v) is 2.34. The van der Waals surface area contributed by atoms with Crippen molar-refractivity contribution in [2.75, 3.05) is 7.11 Å². The third-order valence-electron chi connectivity index (χ3n) is 3.44. The molecule has 104 valence electrons. The lowest BCUT2D eigenvalue weighted by Crippen LogP contribution is -2.38. The van der Waals surface area contributed by atoms with Gasteiger partial charge in [0.25, 0.3) is 0 Å². The molecule has 2 rings (SSSR count). The number of nitrogens with two attached hydrogens (primary N) is 1. The minimum atomic E-state index is -0.440. The number of hydrogen-bond donors (Lipinski definition) is 1. The second-order valence-electron chi connectivity index (χ2n) is 4.81. The topological polar surface area (TPSA) is 74.4 Å². The molecule has 0 amide bonds. The van der Waals surface area contributed by atoms with Crippen LogP contribution in [0.1, 0.15) is 42.5 Å². The molecule has 0 radical (unpaired) electrons. The Hall–Kier alpha value is -1.62. The van der Waals surface area contributed by atoms with Crippen LogP contribution in [0.15, 0.2) is 18.3 Å². The number of nitrogens with zero attached hydrogens (tertiary/aromatic N) is 1. The van der Waals surface area contributed by atoms with Gasteiger partial charge in [0.15, 0.2) is 0 Å². The minimum Gasteiger partial charge on any atom is -0.472 e. The number of ether oxygens (including phenoxy) is 2. The molecule has 1 aromatic heterocycles. The molecule has 0 bridgehead atoms. The van der Waals surface area contributed by atoms with E-state index in [-0.39, 0.29) is 12.1 Å². The molecule has 0 aromatic carbocycles. The Morgan fingerprint density at radius 2 is 2.16 bits per heavy atom. The van der Waals surface area contributed by atoms with Crippen LogP contribution in [0, 0.1) is 0 Å². The average molecular weight is 264 g/mol. The predicted octanol–water partition coefficient (Wildman–Crippen LogP) is 1.91. The van der Waals surface area contributed by atoms with Crippen molar-refractivity contribution in [2.24, 2.45) is 5.73 Å². The fraction of sp³-hybridized carbons (Fsp3) is 0.571. The Kier molecular flexibility index (Phi) is 4.74. The molecule has 1 saturated carbocycles. The monoisotopic (exact) mass is 264 g/mol.